The first kappa shape index (κ1) is 28.4. The van der Waals surface area contributed by atoms with Crippen LogP contribution in [0.3, 0.4) is 0 Å². The molecule has 0 aromatic heterocycles. The van der Waals surface area contributed by atoms with Crippen LogP contribution in [0.15, 0.2) is 76.5 Å². The summed E-state index contributed by atoms with van der Waals surface area (Å²) in [4.78, 5) is 30.7. The maximum atomic E-state index is 13.5. The SMILES string of the molecule is COc1cccc(NC(=O)N(CCCN2CCOCC2)Cc2cc([N+](=O)[O-])ccc2Sc2ccc(C)cc2)c1. The van der Waals surface area contributed by atoms with Gasteiger partial charge in [-0.1, -0.05) is 35.5 Å². The van der Waals surface area contributed by atoms with Gasteiger partial charge in [-0.3, -0.25) is 15.0 Å². The first-order chi connectivity index (χ1) is 18.9. The molecule has 0 unspecified atom stereocenters. The third kappa shape index (κ3) is 8.44. The summed E-state index contributed by atoms with van der Waals surface area (Å²) >= 11 is 1.53. The normalized spacial score (nSPS) is 13.6. The number of hydrogen-bond acceptors (Lipinski definition) is 7. The van der Waals surface area contributed by atoms with Gasteiger partial charge in [0.15, 0.2) is 0 Å². The third-order valence-corrected chi connectivity index (χ3v) is 7.61. The van der Waals surface area contributed by atoms with Gasteiger partial charge in [0, 0.05) is 66.4 Å². The number of carbonyl (C=O) groups excluding carboxylic acids is 1. The fraction of sp³-hybridized carbons (Fsp3) is 0.345. The van der Waals surface area contributed by atoms with Crippen LogP contribution in [0, 0.1) is 17.0 Å². The molecule has 206 valence electrons. The van der Waals surface area contributed by atoms with E-state index in [0.717, 1.165) is 47.0 Å². The first-order valence-corrected chi connectivity index (χ1v) is 13.7. The van der Waals surface area contributed by atoms with E-state index in [0.29, 0.717) is 31.2 Å². The van der Waals surface area contributed by atoms with Gasteiger partial charge >= 0.3 is 6.03 Å². The Morgan fingerprint density at radius 1 is 1.13 bits per heavy atom. The molecule has 1 heterocycles. The lowest BCUT2D eigenvalue weighted by Gasteiger charge is -2.29. The van der Waals surface area contributed by atoms with Gasteiger partial charge in [-0.25, -0.2) is 4.79 Å². The van der Waals surface area contributed by atoms with E-state index in [9.17, 15) is 14.9 Å². The number of amides is 2. The van der Waals surface area contributed by atoms with Crippen LogP contribution in [0.1, 0.15) is 17.5 Å². The van der Waals surface area contributed by atoms with Crippen molar-refractivity contribution in [2.45, 2.75) is 29.7 Å². The van der Waals surface area contributed by atoms with Crippen molar-refractivity contribution < 1.29 is 19.2 Å². The van der Waals surface area contributed by atoms with E-state index in [1.165, 1.54) is 17.8 Å². The predicted molar refractivity (Wildman–Crippen MR) is 153 cm³/mol. The number of methoxy groups -OCH3 is 1. The van der Waals surface area contributed by atoms with Crippen molar-refractivity contribution in [3.63, 3.8) is 0 Å². The average molecular weight is 551 g/mol. The van der Waals surface area contributed by atoms with Gasteiger partial charge in [-0.05, 0) is 49.2 Å². The van der Waals surface area contributed by atoms with Crippen LogP contribution in [-0.4, -0.2) is 67.3 Å². The van der Waals surface area contributed by atoms with Gasteiger partial charge < -0.3 is 19.7 Å². The number of benzene rings is 3. The Balaban J connectivity index is 1.57. The number of rotatable bonds is 11. The quantitative estimate of drug-likeness (QED) is 0.237. The van der Waals surface area contributed by atoms with Gasteiger partial charge in [0.2, 0.25) is 0 Å². The molecule has 0 radical (unpaired) electrons. The lowest BCUT2D eigenvalue weighted by molar-refractivity contribution is -0.385. The number of ether oxygens (including phenoxy) is 2. The summed E-state index contributed by atoms with van der Waals surface area (Å²) in [6.07, 6.45) is 0.765. The smallest absolute Gasteiger partial charge is 0.322 e. The molecular weight excluding hydrogens is 516 g/mol. The van der Waals surface area contributed by atoms with Crippen LogP contribution < -0.4 is 10.1 Å². The Kier molecular flexibility index (Phi) is 10.2. The summed E-state index contributed by atoms with van der Waals surface area (Å²) < 4.78 is 10.7. The zero-order chi connectivity index (χ0) is 27.6. The van der Waals surface area contributed by atoms with E-state index in [1.54, 1.807) is 36.3 Å². The molecule has 39 heavy (non-hydrogen) atoms. The highest BCUT2D eigenvalue weighted by molar-refractivity contribution is 7.99. The Hall–Kier alpha value is -3.60. The molecule has 10 heteroatoms. The van der Waals surface area contributed by atoms with Crippen molar-refractivity contribution >= 4 is 29.2 Å². The van der Waals surface area contributed by atoms with E-state index in [-0.39, 0.29) is 18.3 Å². The number of carbonyl (C=O) groups is 1. The zero-order valence-electron chi connectivity index (χ0n) is 22.3. The maximum Gasteiger partial charge on any atom is 0.322 e. The lowest BCUT2D eigenvalue weighted by atomic mass is 10.2. The Labute approximate surface area is 233 Å². The largest absolute Gasteiger partial charge is 0.497 e. The van der Waals surface area contributed by atoms with E-state index in [1.807, 2.05) is 43.3 Å². The molecule has 1 N–H and O–H groups in total. The van der Waals surface area contributed by atoms with Crippen LogP contribution in [-0.2, 0) is 11.3 Å². The molecule has 9 nitrogen and oxygen atoms in total. The van der Waals surface area contributed by atoms with E-state index in [2.05, 4.69) is 10.2 Å². The fourth-order valence-corrected chi connectivity index (χ4v) is 5.22. The molecule has 3 aromatic carbocycles. The molecule has 1 aliphatic rings. The van der Waals surface area contributed by atoms with E-state index in [4.69, 9.17) is 9.47 Å². The highest BCUT2D eigenvalue weighted by atomic mass is 32.2. The number of hydrogen-bond donors (Lipinski definition) is 1. The molecule has 3 aromatic rings. The number of nitro groups is 1. The summed E-state index contributed by atoms with van der Waals surface area (Å²) in [5.41, 5.74) is 2.50. The Bertz CT molecular complexity index is 1260. The molecule has 1 saturated heterocycles. The van der Waals surface area contributed by atoms with Crippen molar-refractivity contribution in [1.29, 1.82) is 0 Å². The number of urea groups is 1. The van der Waals surface area contributed by atoms with Crippen molar-refractivity contribution in [2.24, 2.45) is 0 Å². The molecule has 0 saturated carbocycles. The minimum atomic E-state index is -0.400. The molecule has 0 atom stereocenters. The van der Waals surface area contributed by atoms with Crippen LogP contribution in [0.25, 0.3) is 0 Å². The second-order valence-corrected chi connectivity index (χ2v) is 10.5. The van der Waals surface area contributed by atoms with Crippen LogP contribution in [0.2, 0.25) is 0 Å². The third-order valence-electron chi connectivity index (χ3n) is 6.48. The van der Waals surface area contributed by atoms with E-state index >= 15 is 0 Å². The van der Waals surface area contributed by atoms with Crippen molar-refractivity contribution in [2.75, 3.05) is 51.8 Å². The number of nitrogens with one attached hydrogen (secondary N) is 1. The minimum absolute atomic E-state index is 0.000253. The molecule has 1 fully saturated rings. The van der Waals surface area contributed by atoms with Gasteiger partial charge in [-0.15, -0.1) is 0 Å². The first-order valence-electron chi connectivity index (χ1n) is 12.9. The molecule has 0 aliphatic carbocycles. The molecule has 0 spiro atoms. The highest BCUT2D eigenvalue weighted by Crippen LogP contribution is 2.33. The second-order valence-electron chi connectivity index (χ2n) is 9.36. The number of nitrogens with zero attached hydrogens (tertiary/aromatic N) is 3. The summed E-state index contributed by atoms with van der Waals surface area (Å²) in [6.45, 7) is 6.77. The molecule has 0 bridgehead atoms. The molecule has 2 amide bonds. The number of nitro benzene ring substituents is 1. The summed E-state index contributed by atoms with van der Waals surface area (Å²) in [7, 11) is 1.58. The van der Waals surface area contributed by atoms with Gasteiger partial charge in [0.1, 0.15) is 5.75 Å². The number of anilines is 1. The predicted octanol–water partition coefficient (Wildman–Crippen LogP) is 5.82. The summed E-state index contributed by atoms with van der Waals surface area (Å²) in [5, 5.41) is 14.6. The van der Waals surface area contributed by atoms with E-state index < -0.39 is 4.92 Å². The molecular formula is C29H34N4O5S. The Morgan fingerprint density at radius 3 is 2.62 bits per heavy atom. The van der Waals surface area contributed by atoms with Gasteiger partial charge in [0.25, 0.3) is 5.69 Å². The Morgan fingerprint density at radius 2 is 1.90 bits per heavy atom. The number of aryl methyl sites for hydroxylation is 1. The van der Waals surface area contributed by atoms with Gasteiger partial charge in [-0.2, -0.15) is 0 Å². The number of morpholine rings is 1. The monoisotopic (exact) mass is 550 g/mol. The highest BCUT2D eigenvalue weighted by Gasteiger charge is 2.20. The van der Waals surface area contributed by atoms with Crippen molar-refractivity contribution in [3.05, 3.63) is 88.0 Å². The van der Waals surface area contributed by atoms with Crippen molar-refractivity contribution in [1.82, 2.24) is 9.80 Å². The average Bonchev–Trinajstić information content (AvgIpc) is 2.95. The second kappa shape index (κ2) is 14.0. The standard InChI is InChI=1S/C29H34N4O5S/c1-22-7-10-27(11-8-22)39-28-12-9-25(33(35)36)19-23(28)21-32(14-4-13-31-15-17-38-18-16-31)29(34)30-24-5-3-6-26(20-24)37-2/h3,5-12,19-20H,4,13-18,21H2,1-2H3,(H,30,34). The zero-order valence-corrected chi connectivity index (χ0v) is 23.1. The van der Waals surface area contributed by atoms with Gasteiger partial charge in [0.05, 0.1) is 25.2 Å². The fourth-order valence-electron chi connectivity index (χ4n) is 4.31. The lowest BCUT2D eigenvalue weighted by Crippen LogP contribution is -2.40. The summed E-state index contributed by atoms with van der Waals surface area (Å²) in [6, 6.07) is 19.9. The molecule has 4 rings (SSSR count). The van der Waals surface area contributed by atoms with Crippen LogP contribution in [0.5, 0.6) is 5.75 Å². The number of non-ortho nitro benzene ring substituents is 1. The summed E-state index contributed by atoms with van der Waals surface area (Å²) in [5.74, 6) is 0.641. The minimum Gasteiger partial charge on any atom is -0.497 e. The van der Waals surface area contributed by atoms with Crippen LogP contribution >= 0.6 is 11.8 Å². The van der Waals surface area contributed by atoms with Crippen LogP contribution in [0.4, 0.5) is 16.2 Å². The maximum absolute atomic E-state index is 13.5. The van der Waals surface area contributed by atoms with Crippen molar-refractivity contribution in [3.8, 4) is 5.75 Å². The molecule has 1 aliphatic heterocycles. The topological polar surface area (TPSA) is 97.2 Å².